The summed E-state index contributed by atoms with van der Waals surface area (Å²) in [5, 5.41) is 12.4. The fourth-order valence-corrected chi connectivity index (χ4v) is 2.83. The zero-order valence-corrected chi connectivity index (χ0v) is 13.0. The summed E-state index contributed by atoms with van der Waals surface area (Å²) in [6.45, 7) is 3.04. The molecule has 0 radical (unpaired) electrons. The van der Waals surface area contributed by atoms with Crippen molar-refractivity contribution >= 4 is 11.8 Å². The number of nitrogens with one attached hydrogen (secondary N) is 1. The molecule has 22 heavy (non-hydrogen) atoms. The molecule has 120 valence electrons. The van der Waals surface area contributed by atoms with Crippen LogP contribution in [0.3, 0.4) is 0 Å². The van der Waals surface area contributed by atoms with E-state index in [2.05, 4.69) is 5.32 Å². The Morgan fingerprint density at radius 2 is 2.00 bits per heavy atom. The normalized spacial score (nSPS) is 20.6. The molecule has 0 spiro atoms. The minimum atomic E-state index is -0.568. The first kappa shape index (κ1) is 16.5. The second-order valence-corrected chi connectivity index (χ2v) is 5.72. The predicted octanol–water partition coefficient (Wildman–Crippen LogP) is 1.31. The Kier molecular flexibility index (Phi) is 5.95. The highest BCUT2D eigenvalue weighted by Crippen LogP contribution is 2.25. The lowest BCUT2D eigenvalue weighted by Gasteiger charge is -2.22. The number of nitrogens with zero attached hydrogens (tertiary/aromatic N) is 1. The maximum Gasteiger partial charge on any atom is 0.242 e. The molecule has 2 unspecified atom stereocenters. The van der Waals surface area contributed by atoms with E-state index < -0.39 is 6.10 Å². The molecule has 0 aliphatic heterocycles. The van der Waals surface area contributed by atoms with E-state index >= 15 is 0 Å². The Bertz CT molecular complexity index is 504. The fourth-order valence-electron chi connectivity index (χ4n) is 2.83. The maximum absolute atomic E-state index is 12.2. The lowest BCUT2D eigenvalue weighted by molar-refractivity contribution is -0.135. The van der Waals surface area contributed by atoms with Crippen LogP contribution in [0.2, 0.25) is 0 Å². The van der Waals surface area contributed by atoms with E-state index in [1.54, 1.807) is 4.90 Å². The third-order valence-corrected chi connectivity index (χ3v) is 4.18. The maximum atomic E-state index is 12.2. The van der Waals surface area contributed by atoms with Crippen LogP contribution in [-0.2, 0) is 16.1 Å². The SMILES string of the molecule is CCN(Cc1ccccc1)C(=O)CNC(=O)C1CCCC1O. The van der Waals surface area contributed by atoms with Gasteiger partial charge in [-0.15, -0.1) is 0 Å². The number of benzene rings is 1. The molecule has 0 heterocycles. The average molecular weight is 304 g/mol. The van der Waals surface area contributed by atoms with Crippen LogP contribution in [0.1, 0.15) is 31.7 Å². The predicted molar refractivity (Wildman–Crippen MR) is 83.9 cm³/mol. The van der Waals surface area contributed by atoms with Gasteiger partial charge in [-0.25, -0.2) is 0 Å². The lowest BCUT2D eigenvalue weighted by atomic mass is 10.1. The van der Waals surface area contributed by atoms with Gasteiger partial charge in [0.25, 0.3) is 0 Å². The number of hydrogen-bond donors (Lipinski definition) is 2. The van der Waals surface area contributed by atoms with Gasteiger partial charge < -0.3 is 15.3 Å². The number of aliphatic hydroxyl groups excluding tert-OH is 1. The third kappa shape index (κ3) is 4.31. The van der Waals surface area contributed by atoms with Gasteiger partial charge in [0.15, 0.2) is 0 Å². The molecular weight excluding hydrogens is 280 g/mol. The van der Waals surface area contributed by atoms with Crippen LogP contribution in [0.4, 0.5) is 0 Å². The van der Waals surface area contributed by atoms with Crippen molar-refractivity contribution in [2.45, 2.75) is 38.8 Å². The molecule has 2 rings (SSSR count). The number of rotatable bonds is 6. The molecule has 0 bridgehead atoms. The molecule has 5 nitrogen and oxygen atoms in total. The molecule has 2 atom stereocenters. The van der Waals surface area contributed by atoms with Crippen LogP contribution >= 0.6 is 0 Å². The summed E-state index contributed by atoms with van der Waals surface area (Å²) in [5.74, 6) is -0.682. The quantitative estimate of drug-likeness (QED) is 0.832. The summed E-state index contributed by atoms with van der Waals surface area (Å²) in [6.07, 6.45) is 1.66. The molecule has 2 amide bonds. The Hall–Kier alpha value is -1.88. The molecule has 1 fully saturated rings. The van der Waals surface area contributed by atoms with Gasteiger partial charge in [-0.2, -0.15) is 0 Å². The summed E-state index contributed by atoms with van der Waals surface area (Å²) in [4.78, 5) is 25.9. The highest BCUT2D eigenvalue weighted by atomic mass is 16.3. The first-order valence-electron chi connectivity index (χ1n) is 7.89. The molecule has 2 N–H and O–H groups in total. The summed E-state index contributed by atoms with van der Waals surface area (Å²) in [7, 11) is 0. The molecule has 5 heteroatoms. The number of likely N-dealkylation sites (N-methyl/N-ethyl adjacent to an activating group) is 1. The minimum Gasteiger partial charge on any atom is -0.392 e. The van der Waals surface area contributed by atoms with Crippen LogP contribution in [0.25, 0.3) is 0 Å². The van der Waals surface area contributed by atoms with Gasteiger partial charge in [-0.3, -0.25) is 9.59 Å². The highest BCUT2D eigenvalue weighted by molar-refractivity contribution is 5.86. The van der Waals surface area contributed by atoms with Crippen LogP contribution < -0.4 is 5.32 Å². The van der Waals surface area contributed by atoms with Gasteiger partial charge in [0, 0.05) is 13.1 Å². The second kappa shape index (κ2) is 7.94. The van der Waals surface area contributed by atoms with Crippen LogP contribution in [0.15, 0.2) is 30.3 Å². The topological polar surface area (TPSA) is 69.6 Å². The molecular formula is C17H24N2O3. The standard InChI is InChI=1S/C17H24N2O3/c1-2-19(12-13-7-4-3-5-8-13)16(21)11-18-17(22)14-9-6-10-15(14)20/h3-5,7-8,14-15,20H,2,6,9-12H2,1H3,(H,18,22). The summed E-state index contributed by atoms with van der Waals surface area (Å²) in [5.41, 5.74) is 1.07. The molecule has 1 aromatic carbocycles. The molecule has 0 saturated heterocycles. The number of carbonyl (C=O) groups excluding carboxylic acids is 2. The van der Waals surface area contributed by atoms with E-state index in [0.29, 0.717) is 25.9 Å². The van der Waals surface area contributed by atoms with Crippen molar-refractivity contribution in [2.24, 2.45) is 5.92 Å². The Labute approximate surface area is 131 Å². The largest absolute Gasteiger partial charge is 0.392 e. The van der Waals surface area contributed by atoms with E-state index in [1.807, 2.05) is 37.3 Å². The van der Waals surface area contributed by atoms with Gasteiger partial charge >= 0.3 is 0 Å². The Morgan fingerprint density at radius 1 is 1.27 bits per heavy atom. The highest BCUT2D eigenvalue weighted by Gasteiger charge is 2.31. The average Bonchev–Trinajstić information content (AvgIpc) is 2.97. The van der Waals surface area contributed by atoms with Crippen LogP contribution in [0, 0.1) is 5.92 Å². The first-order chi connectivity index (χ1) is 10.6. The first-order valence-corrected chi connectivity index (χ1v) is 7.89. The van der Waals surface area contributed by atoms with E-state index in [0.717, 1.165) is 12.0 Å². The van der Waals surface area contributed by atoms with Crippen molar-refractivity contribution in [2.75, 3.05) is 13.1 Å². The van der Waals surface area contributed by atoms with Gasteiger partial charge in [0.2, 0.25) is 11.8 Å². The zero-order chi connectivity index (χ0) is 15.9. The van der Waals surface area contributed by atoms with Crippen molar-refractivity contribution in [1.29, 1.82) is 0 Å². The summed E-state index contributed by atoms with van der Waals surface area (Å²) in [6, 6.07) is 9.77. The van der Waals surface area contributed by atoms with E-state index in [4.69, 9.17) is 0 Å². The van der Waals surface area contributed by atoms with Crippen LogP contribution in [0.5, 0.6) is 0 Å². The van der Waals surface area contributed by atoms with Gasteiger partial charge in [-0.05, 0) is 31.7 Å². The van der Waals surface area contributed by atoms with Crippen LogP contribution in [-0.4, -0.2) is 41.0 Å². The number of hydrogen-bond acceptors (Lipinski definition) is 3. The fraction of sp³-hybridized carbons (Fsp3) is 0.529. The molecule has 1 aromatic rings. The molecule has 0 aromatic heterocycles. The van der Waals surface area contributed by atoms with Gasteiger partial charge in [-0.1, -0.05) is 30.3 Å². The smallest absolute Gasteiger partial charge is 0.242 e. The number of amides is 2. The third-order valence-electron chi connectivity index (χ3n) is 4.18. The summed E-state index contributed by atoms with van der Waals surface area (Å²) >= 11 is 0. The van der Waals surface area contributed by atoms with E-state index in [1.165, 1.54) is 0 Å². The van der Waals surface area contributed by atoms with Crippen molar-refractivity contribution in [1.82, 2.24) is 10.2 Å². The number of carbonyl (C=O) groups is 2. The van der Waals surface area contributed by atoms with Crippen molar-refractivity contribution in [3.63, 3.8) is 0 Å². The second-order valence-electron chi connectivity index (χ2n) is 5.72. The molecule has 1 saturated carbocycles. The van der Waals surface area contributed by atoms with Crippen molar-refractivity contribution < 1.29 is 14.7 Å². The van der Waals surface area contributed by atoms with E-state index in [9.17, 15) is 14.7 Å². The number of aliphatic hydroxyl groups is 1. The van der Waals surface area contributed by atoms with E-state index in [-0.39, 0.29) is 24.3 Å². The minimum absolute atomic E-state index is 0.0112. The molecule has 1 aliphatic rings. The lowest BCUT2D eigenvalue weighted by Crippen LogP contribution is -2.42. The Balaban J connectivity index is 1.83. The van der Waals surface area contributed by atoms with Crippen molar-refractivity contribution in [3.8, 4) is 0 Å². The summed E-state index contributed by atoms with van der Waals surface area (Å²) < 4.78 is 0. The monoisotopic (exact) mass is 304 g/mol. The van der Waals surface area contributed by atoms with Gasteiger partial charge in [0.1, 0.15) is 0 Å². The van der Waals surface area contributed by atoms with Gasteiger partial charge in [0.05, 0.1) is 18.6 Å². The molecule has 1 aliphatic carbocycles. The van der Waals surface area contributed by atoms with Crippen molar-refractivity contribution in [3.05, 3.63) is 35.9 Å². The Morgan fingerprint density at radius 3 is 2.59 bits per heavy atom. The zero-order valence-electron chi connectivity index (χ0n) is 13.0.